The highest BCUT2D eigenvalue weighted by molar-refractivity contribution is 8.00. The van der Waals surface area contributed by atoms with Crippen molar-refractivity contribution in [1.82, 2.24) is 0 Å². The lowest BCUT2D eigenvalue weighted by atomic mass is 10.1. The molecule has 0 spiro atoms. The van der Waals surface area contributed by atoms with Crippen LogP contribution in [-0.4, -0.2) is 30.1 Å². The van der Waals surface area contributed by atoms with Gasteiger partial charge in [0.15, 0.2) is 0 Å². The maximum atomic E-state index is 13.1. The number of rotatable bonds is 6. The first kappa shape index (κ1) is 22.6. The molecule has 0 aliphatic carbocycles. The largest absolute Gasteiger partial charge is 0.497 e. The molecule has 4 rings (SSSR count). The number of thioether (sulfide) groups is 1. The first-order valence-corrected chi connectivity index (χ1v) is 11.4. The molecule has 0 bridgehead atoms. The van der Waals surface area contributed by atoms with Gasteiger partial charge in [0, 0.05) is 22.6 Å². The van der Waals surface area contributed by atoms with Gasteiger partial charge in [-0.2, -0.15) is 0 Å². The number of ether oxygens (including phenoxy) is 1. The molecule has 168 valence electrons. The second-order valence-electron chi connectivity index (χ2n) is 7.83. The van der Waals surface area contributed by atoms with Crippen LogP contribution in [0.4, 0.5) is 11.4 Å². The number of imide groups is 1. The zero-order valence-corrected chi connectivity index (χ0v) is 19.4. The van der Waals surface area contributed by atoms with Crippen LogP contribution in [0.2, 0.25) is 0 Å². The minimum absolute atomic E-state index is 0.160. The minimum Gasteiger partial charge on any atom is -0.497 e. The van der Waals surface area contributed by atoms with E-state index in [4.69, 9.17) is 4.74 Å². The van der Waals surface area contributed by atoms with Gasteiger partial charge in [-0.25, -0.2) is 4.90 Å². The average Bonchev–Trinajstić information content (AvgIpc) is 3.08. The number of methoxy groups -OCH3 is 1. The van der Waals surface area contributed by atoms with E-state index < -0.39 is 5.25 Å². The summed E-state index contributed by atoms with van der Waals surface area (Å²) in [5, 5.41) is 2.38. The minimum atomic E-state index is -0.476. The lowest BCUT2D eigenvalue weighted by Gasteiger charge is -2.19. The molecule has 3 aromatic carbocycles. The molecule has 1 N–H and O–H groups in total. The Labute approximate surface area is 196 Å². The summed E-state index contributed by atoms with van der Waals surface area (Å²) < 4.78 is 5.11. The molecular formula is C26H24N2O4S. The molecular weight excluding hydrogens is 436 g/mol. The predicted molar refractivity (Wildman–Crippen MR) is 130 cm³/mol. The maximum absolute atomic E-state index is 13.1. The normalized spacial score (nSPS) is 15.6. The van der Waals surface area contributed by atoms with Crippen molar-refractivity contribution in [3.8, 4) is 5.75 Å². The Hall–Kier alpha value is -3.58. The van der Waals surface area contributed by atoms with Crippen LogP contribution in [0.1, 0.15) is 27.9 Å². The first-order chi connectivity index (χ1) is 15.9. The highest BCUT2D eigenvalue weighted by Gasteiger charge is 2.41. The number of para-hydroxylation sites is 1. The van der Waals surface area contributed by atoms with E-state index in [0.717, 1.165) is 16.0 Å². The fourth-order valence-electron chi connectivity index (χ4n) is 3.82. The quantitative estimate of drug-likeness (QED) is 0.525. The molecule has 1 saturated heterocycles. The molecule has 1 atom stereocenters. The number of anilines is 2. The summed E-state index contributed by atoms with van der Waals surface area (Å²) in [5.41, 5.74) is 3.66. The van der Waals surface area contributed by atoms with E-state index >= 15 is 0 Å². The molecule has 1 fully saturated rings. The molecule has 33 heavy (non-hydrogen) atoms. The zero-order chi connectivity index (χ0) is 23.5. The van der Waals surface area contributed by atoms with Crippen molar-refractivity contribution in [2.75, 3.05) is 17.3 Å². The van der Waals surface area contributed by atoms with Gasteiger partial charge < -0.3 is 10.1 Å². The Morgan fingerprint density at radius 3 is 2.21 bits per heavy atom. The third-order valence-electron chi connectivity index (χ3n) is 5.51. The lowest BCUT2D eigenvalue weighted by molar-refractivity contribution is -0.121. The molecule has 0 saturated carbocycles. The van der Waals surface area contributed by atoms with Crippen LogP contribution in [0.15, 0.2) is 71.6 Å². The maximum Gasteiger partial charge on any atom is 0.255 e. The molecule has 1 heterocycles. The number of amides is 3. The molecule has 0 aromatic heterocycles. The number of nitrogens with one attached hydrogen (secondary N) is 1. The summed E-state index contributed by atoms with van der Waals surface area (Å²) in [4.78, 5) is 40.4. The third-order valence-corrected chi connectivity index (χ3v) is 6.71. The fraction of sp³-hybridized carbons (Fsp3) is 0.192. The topological polar surface area (TPSA) is 75.7 Å². The van der Waals surface area contributed by atoms with Gasteiger partial charge in [0.1, 0.15) is 5.75 Å². The summed E-state index contributed by atoms with van der Waals surface area (Å²) >= 11 is 1.36. The molecule has 3 aromatic rings. The Kier molecular flexibility index (Phi) is 6.51. The number of aryl methyl sites for hydroxylation is 2. The van der Waals surface area contributed by atoms with E-state index in [9.17, 15) is 14.4 Å². The van der Waals surface area contributed by atoms with E-state index in [1.165, 1.54) is 16.7 Å². The van der Waals surface area contributed by atoms with Crippen molar-refractivity contribution in [3.63, 3.8) is 0 Å². The van der Waals surface area contributed by atoms with Gasteiger partial charge >= 0.3 is 0 Å². The molecule has 6 nitrogen and oxygen atoms in total. The zero-order valence-electron chi connectivity index (χ0n) is 18.6. The standard InChI is InChI=1S/C26H24N2O4S/c1-16-5-4-6-17(2)24(16)28-23(29)15-22(26(28)31)33-21-13-9-19(10-14-21)27-25(30)18-7-11-20(32-3)12-8-18/h4-14,22H,15H2,1-3H3,(H,27,30). The van der Waals surface area contributed by atoms with Crippen LogP contribution in [-0.2, 0) is 9.59 Å². The van der Waals surface area contributed by atoms with Crippen LogP contribution in [0.5, 0.6) is 5.75 Å². The molecule has 0 radical (unpaired) electrons. The summed E-state index contributed by atoms with van der Waals surface area (Å²) in [6, 6.07) is 19.8. The van der Waals surface area contributed by atoms with E-state index in [1.807, 2.05) is 44.2 Å². The van der Waals surface area contributed by atoms with Gasteiger partial charge in [-0.15, -0.1) is 11.8 Å². The highest BCUT2D eigenvalue weighted by atomic mass is 32.2. The summed E-state index contributed by atoms with van der Waals surface area (Å²) in [6.45, 7) is 3.81. The lowest BCUT2D eigenvalue weighted by Crippen LogP contribution is -2.32. The molecule has 7 heteroatoms. The Bertz CT molecular complexity index is 1190. The third kappa shape index (κ3) is 4.78. The average molecular weight is 461 g/mol. The van der Waals surface area contributed by atoms with Crippen LogP contribution in [0.25, 0.3) is 0 Å². The fourth-order valence-corrected chi connectivity index (χ4v) is 4.87. The number of benzene rings is 3. The number of hydrogen-bond acceptors (Lipinski definition) is 5. The van der Waals surface area contributed by atoms with Crippen LogP contribution < -0.4 is 15.0 Å². The highest BCUT2D eigenvalue weighted by Crippen LogP contribution is 2.36. The number of carbonyl (C=O) groups is 3. The van der Waals surface area contributed by atoms with Crippen molar-refractivity contribution in [3.05, 3.63) is 83.4 Å². The number of hydrogen-bond donors (Lipinski definition) is 1. The van der Waals surface area contributed by atoms with Crippen molar-refractivity contribution in [1.29, 1.82) is 0 Å². The van der Waals surface area contributed by atoms with E-state index in [2.05, 4.69) is 5.32 Å². The Morgan fingerprint density at radius 2 is 1.61 bits per heavy atom. The van der Waals surface area contributed by atoms with Crippen LogP contribution in [0, 0.1) is 13.8 Å². The van der Waals surface area contributed by atoms with Gasteiger partial charge in [-0.1, -0.05) is 18.2 Å². The van der Waals surface area contributed by atoms with Crippen LogP contribution in [0.3, 0.4) is 0 Å². The predicted octanol–water partition coefficient (Wildman–Crippen LogP) is 4.99. The van der Waals surface area contributed by atoms with E-state index in [0.29, 0.717) is 22.7 Å². The molecule has 3 amide bonds. The summed E-state index contributed by atoms with van der Waals surface area (Å²) in [6.07, 6.45) is 0.160. The first-order valence-electron chi connectivity index (χ1n) is 10.5. The van der Waals surface area contributed by atoms with Crippen molar-refractivity contribution >= 4 is 40.9 Å². The van der Waals surface area contributed by atoms with Crippen molar-refractivity contribution in [2.24, 2.45) is 0 Å². The second kappa shape index (κ2) is 9.50. The second-order valence-corrected chi connectivity index (χ2v) is 9.10. The van der Waals surface area contributed by atoms with Gasteiger partial charge in [-0.05, 0) is 73.5 Å². The van der Waals surface area contributed by atoms with Gasteiger partial charge in [-0.3, -0.25) is 14.4 Å². The SMILES string of the molecule is COc1ccc(C(=O)Nc2ccc(SC3CC(=O)N(c4c(C)cccc4C)C3=O)cc2)cc1. The Balaban J connectivity index is 1.42. The van der Waals surface area contributed by atoms with E-state index in [-0.39, 0.29) is 24.1 Å². The molecule has 1 aliphatic heterocycles. The van der Waals surface area contributed by atoms with E-state index in [1.54, 1.807) is 43.5 Å². The van der Waals surface area contributed by atoms with Gasteiger partial charge in [0.2, 0.25) is 11.8 Å². The molecule has 1 unspecified atom stereocenters. The summed E-state index contributed by atoms with van der Waals surface area (Å²) in [7, 11) is 1.57. The Morgan fingerprint density at radius 1 is 0.970 bits per heavy atom. The van der Waals surface area contributed by atoms with Crippen molar-refractivity contribution in [2.45, 2.75) is 30.4 Å². The van der Waals surface area contributed by atoms with Crippen molar-refractivity contribution < 1.29 is 19.1 Å². The smallest absolute Gasteiger partial charge is 0.255 e. The molecule has 1 aliphatic rings. The number of nitrogens with zero attached hydrogens (tertiary/aromatic N) is 1. The van der Waals surface area contributed by atoms with Gasteiger partial charge in [0.25, 0.3) is 5.91 Å². The monoisotopic (exact) mass is 460 g/mol. The number of carbonyl (C=O) groups excluding carboxylic acids is 3. The summed E-state index contributed by atoms with van der Waals surface area (Å²) in [5.74, 6) is 0.0837. The van der Waals surface area contributed by atoms with Crippen LogP contribution >= 0.6 is 11.8 Å². The van der Waals surface area contributed by atoms with Gasteiger partial charge in [0.05, 0.1) is 18.0 Å².